The van der Waals surface area contributed by atoms with Crippen molar-refractivity contribution in [3.8, 4) is 0 Å². The predicted molar refractivity (Wildman–Crippen MR) is 118 cm³/mol. The Morgan fingerprint density at radius 2 is 1.38 bits per heavy atom. The molecular formula is C24H18P2. The molecule has 3 aromatic carbocycles. The van der Waals surface area contributed by atoms with Crippen LogP contribution >= 0.6 is 16.4 Å². The van der Waals surface area contributed by atoms with Crippen LogP contribution in [0.25, 0.3) is 26.6 Å². The van der Waals surface area contributed by atoms with E-state index in [4.69, 9.17) is 0 Å². The van der Waals surface area contributed by atoms with Crippen molar-refractivity contribution < 1.29 is 0 Å². The first kappa shape index (κ1) is 15.8. The molecule has 2 heteroatoms. The molecule has 1 aliphatic heterocycles. The molecule has 0 bridgehead atoms. The molecule has 0 N–H and O–H groups in total. The Labute approximate surface area is 156 Å². The molecule has 2 heterocycles. The van der Waals surface area contributed by atoms with Gasteiger partial charge in [0.1, 0.15) is 0 Å². The van der Waals surface area contributed by atoms with Crippen molar-refractivity contribution >= 4 is 43.0 Å². The Balaban J connectivity index is 0.000000115. The Morgan fingerprint density at radius 1 is 0.731 bits per heavy atom. The summed E-state index contributed by atoms with van der Waals surface area (Å²) in [6, 6.07) is 26.1. The number of hydrogen-bond acceptors (Lipinski definition) is 0. The largest absolute Gasteiger partial charge is 0.123 e. The second kappa shape index (κ2) is 6.73. The van der Waals surface area contributed by atoms with Crippen LogP contribution in [0.2, 0.25) is 0 Å². The molecule has 0 saturated heterocycles. The first-order chi connectivity index (χ1) is 12.9. The molecule has 0 unspecified atom stereocenters. The number of fused-ring (bicyclic) bond motifs is 5. The molecule has 1 aliphatic carbocycles. The highest BCUT2D eigenvalue weighted by atomic mass is 31.1. The third kappa shape index (κ3) is 2.77. The highest BCUT2D eigenvalue weighted by Crippen LogP contribution is 2.37. The van der Waals surface area contributed by atoms with E-state index >= 15 is 0 Å². The zero-order valence-electron chi connectivity index (χ0n) is 14.3. The maximum Gasteiger partial charge on any atom is 0.00992 e. The summed E-state index contributed by atoms with van der Waals surface area (Å²) in [5.74, 6) is 0. The average Bonchev–Trinajstić information content (AvgIpc) is 3.27. The quantitative estimate of drug-likeness (QED) is 0.296. The molecule has 0 nitrogen and oxygen atoms in total. The standard InChI is InChI=1S/2C12H9P/c2*1-3-7-11-9(5-1)10-6-2-4-8-12(10)13-11/h1-5,7-8H,6H2;1-8,13H. The Kier molecular flexibility index (Phi) is 4.10. The van der Waals surface area contributed by atoms with E-state index in [1.165, 1.54) is 50.3 Å². The lowest BCUT2D eigenvalue weighted by atomic mass is 10.0. The minimum absolute atomic E-state index is 0.851. The summed E-state index contributed by atoms with van der Waals surface area (Å²) in [6.07, 6.45) is 7.74. The molecule has 0 fully saturated rings. The highest BCUT2D eigenvalue weighted by molar-refractivity contribution is 7.43. The molecule has 124 valence electrons. The average molecular weight is 368 g/mol. The zero-order valence-corrected chi connectivity index (χ0v) is 16.2. The van der Waals surface area contributed by atoms with E-state index in [-0.39, 0.29) is 0 Å². The van der Waals surface area contributed by atoms with Crippen molar-refractivity contribution in [3.05, 3.63) is 106 Å². The molecule has 0 radical (unpaired) electrons. The molecular weight excluding hydrogens is 350 g/mol. The molecule has 1 aromatic heterocycles. The van der Waals surface area contributed by atoms with E-state index in [0.29, 0.717) is 0 Å². The van der Waals surface area contributed by atoms with Gasteiger partial charge in [0, 0.05) is 10.3 Å². The molecule has 4 aromatic rings. The van der Waals surface area contributed by atoms with Crippen LogP contribution in [0.3, 0.4) is 0 Å². The van der Waals surface area contributed by atoms with Crippen LogP contribution in [-0.2, 0) is 0 Å². The molecule has 0 atom stereocenters. The van der Waals surface area contributed by atoms with Crippen LogP contribution < -0.4 is 5.22 Å². The van der Waals surface area contributed by atoms with E-state index in [0.717, 1.165) is 14.6 Å². The summed E-state index contributed by atoms with van der Waals surface area (Å²) >= 11 is 0. The van der Waals surface area contributed by atoms with Gasteiger partial charge in [0.2, 0.25) is 0 Å². The van der Waals surface area contributed by atoms with Crippen LogP contribution in [0, 0.1) is 4.94 Å². The van der Waals surface area contributed by atoms with Gasteiger partial charge in [0.15, 0.2) is 0 Å². The topological polar surface area (TPSA) is 0 Å². The molecule has 0 amide bonds. The minimum Gasteiger partial charge on any atom is -0.123 e. The molecule has 0 spiro atoms. The van der Waals surface area contributed by atoms with Crippen molar-refractivity contribution in [3.63, 3.8) is 0 Å². The minimum atomic E-state index is 0.851. The van der Waals surface area contributed by atoms with Crippen LogP contribution in [0.5, 0.6) is 0 Å². The molecule has 2 aliphatic rings. The second-order valence-electron chi connectivity index (χ2n) is 6.51. The third-order valence-corrected chi connectivity index (χ3v) is 7.61. The van der Waals surface area contributed by atoms with E-state index in [1.807, 2.05) is 0 Å². The summed E-state index contributed by atoms with van der Waals surface area (Å²) in [5.41, 5.74) is 1.53. The first-order valence-electron chi connectivity index (χ1n) is 8.90. The second-order valence-corrected chi connectivity index (χ2v) is 9.02. The van der Waals surface area contributed by atoms with Crippen LogP contribution in [0.1, 0.15) is 6.42 Å². The summed E-state index contributed by atoms with van der Waals surface area (Å²) < 4.78 is 0. The van der Waals surface area contributed by atoms with Gasteiger partial charge < -0.3 is 0 Å². The van der Waals surface area contributed by atoms with E-state index in [2.05, 4.69) is 91.0 Å². The van der Waals surface area contributed by atoms with Gasteiger partial charge in [-0.25, -0.2) is 0 Å². The van der Waals surface area contributed by atoms with Gasteiger partial charge >= 0.3 is 0 Å². The predicted octanol–water partition coefficient (Wildman–Crippen LogP) is 6.92. The van der Waals surface area contributed by atoms with Gasteiger partial charge in [-0.1, -0.05) is 93.2 Å². The van der Waals surface area contributed by atoms with Crippen molar-refractivity contribution in [1.82, 2.24) is 0 Å². The maximum absolute atomic E-state index is 2.24. The first-order valence-corrected chi connectivity index (χ1v) is 10.8. The molecule has 0 saturated carbocycles. The van der Waals surface area contributed by atoms with Gasteiger partial charge in [0.25, 0.3) is 0 Å². The number of rotatable bonds is 0. The number of benzene rings is 3. The van der Waals surface area contributed by atoms with Crippen molar-refractivity contribution in [1.29, 1.82) is 0 Å². The SMILES string of the molecule is C1=CCC2=c3ccccc3=PC2=C1.c1ccc2c(c1)[pH]c1ccccc12. The zero-order chi connectivity index (χ0) is 17.3. The smallest absolute Gasteiger partial charge is 0.00992 e. The fourth-order valence-electron chi connectivity index (χ4n) is 3.66. The van der Waals surface area contributed by atoms with E-state index < -0.39 is 0 Å². The van der Waals surface area contributed by atoms with Crippen molar-refractivity contribution in [2.24, 2.45) is 0 Å². The van der Waals surface area contributed by atoms with Crippen molar-refractivity contribution in [2.45, 2.75) is 6.42 Å². The normalized spacial score (nSPS) is 14.9. The number of allylic oxidation sites excluding steroid dienone is 4. The molecule has 26 heavy (non-hydrogen) atoms. The van der Waals surface area contributed by atoms with Crippen LogP contribution in [0.15, 0.2) is 96.3 Å². The lowest BCUT2D eigenvalue weighted by Gasteiger charge is -2.04. The Bertz CT molecular complexity index is 1250. The summed E-state index contributed by atoms with van der Waals surface area (Å²) in [7, 11) is 2.24. The maximum atomic E-state index is 2.24. The number of hydrogen-bond donors (Lipinski definition) is 0. The van der Waals surface area contributed by atoms with E-state index in [1.54, 1.807) is 0 Å². The van der Waals surface area contributed by atoms with Crippen LogP contribution in [0.4, 0.5) is 0 Å². The Morgan fingerprint density at radius 3 is 2.15 bits per heavy atom. The third-order valence-electron chi connectivity index (χ3n) is 4.91. The van der Waals surface area contributed by atoms with Crippen LogP contribution in [-0.4, -0.2) is 0 Å². The van der Waals surface area contributed by atoms with Crippen molar-refractivity contribution in [2.75, 3.05) is 0 Å². The lowest BCUT2D eigenvalue weighted by Crippen LogP contribution is -2.03. The van der Waals surface area contributed by atoms with Gasteiger partial charge in [-0.15, -0.1) is 8.19 Å². The monoisotopic (exact) mass is 368 g/mol. The highest BCUT2D eigenvalue weighted by Gasteiger charge is 2.11. The summed E-state index contributed by atoms with van der Waals surface area (Å²) in [6.45, 7) is 0. The molecule has 6 rings (SSSR count). The fraction of sp³-hybridized carbons (Fsp3) is 0.0417. The van der Waals surface area contributed by atoms with Gasteiger partial charge in [-0.2, -0.15) is 0 Å². The summed E-state index contributed by atoms with van der Waals surface area (Å²) in [5, 5.41) is 8.78. The van der Waals surface area contributed by atoms with Gasteiger partial charge in [0.05, 0.1) is 0 Å². The Hall–Kier alpha value is -2.39. The fourth-order valence-corrected chi connectivity index (χ4v) is 6.27. The summed E-state index contributed by atoms with van der Waals surface area (Å²) in [4.78, 5) is 1.47. The van der Waals surface area contributed by atoms with Gasteiger partial charge in [-0.3, -0.25) is 0 Å². The lowest BCUT2D eigenvalue weighted by molar-refractivity contribution is 1.36. The van der Waals surface area contributed by atoms with Gasteiger partial charge in [-0.05, 0) is 44.3 Å². The van der Waals surface area contributed by atoms with E-state index in [9.17, 15) is 0 Å².